The average molecular weight is 323 g/mol. The Morgan fingerprint density at radius 2 is 1.73 bits per heavy atom. The van der Waals surface area contributed by atoms with E-state index >= 15 is 0 Å². The molecule has 0 spiro atoms. The minimum absolute atomic E-state index is 0.158. The van der Waals surface area contributed by atoms with Crippen LogP contribution in [-0.4, -0.2) is 24.4 Å². The summed E-state index contributed by atoms with van der Waals surface area (Å²) in [6.07, 6.45) is -6.09. The van der Waals surface area contributed by atoms with Gasteiger partial charge in [-0.25, -0.2) is 8.78 Å². The van der Waals surface area contributed by atoms with Crippen LogP contribution in [0.25, 0.3) is 0 Å². The number of alkyl halides is 5. The molecule has 122 valence electrons. The van der Waals surface area contributed by atoms with E-state index in [1.807, 2.05) is 0 Å². The molecule has 0 unspecified atom stereocenters. The molecular weight excluding hydrogens is 309 g/mol. The van der Waals surface area contributed by atoms with Crippen LogP contribution in [0.4, 0.5) is 22.0 Å². The van der Waals surface area contributed by atoms with Gasteiger partial charge in [-0.1, -0.05) is 11.7 Å². The molecule has 0 heterocycles. The molecule has 9 heteroatoms. The number of halogens is 5. The van der Waals surface area contributed by atoms with E-state index in [0.717, 1.165) is 6.08 Å². The Balaban J connectivity index is 4.98. The fourth-order valence-electron chi connectivity index (χ4n) is 1.34. The summed E-state index contributed by atoms with van der Waals surface area (Å²) in [6, 6.07) is 3.03. The Morgan fingerprint density at radius 3 is 2.09 bits per heavy atom. The van der Waals surface area contributed by atoms with Gasteiger partial charge in [-0.15, -0.1) is 0 Å². The van der Waals surface area contributed by atoms with Crippen LogP contribution in [0.2, 0.25) is 0 Å². The van der Waals surface area contributed by atoms with E-state index in [2.05, 4.69) is 16.6 Å². The lowest BCUT2D eigenvalue weighted by atomic mass is 9.81. The van der Waals surface area contributed by atoms with Crippen LogP contribution < -0.4 is 0 Å². The average Bonchev–Trinajstić information content (AvgIpc) is 2.39. The Morgan fingerprint density at radius 1 is 1.18 bits per heavy atom. The summed E-state index contributed by atoms with van der Waals surface area (Å²) in [6.45, 7) is 2.85. The highest BCUT2D eigenvalue weighted by molar-refractivity contribution is 5.95. The normalized spacial score (nSPS) is 13.2. The van der Waals surface area contributed by atoms with Crippen molar-refractivity contribution in [2.45, 2.75) is 38.3 Å². The predicted octanol–water partition coefficient (Wildman–Crippen LogP) is 3.97. The SMILES string of the molecule is C=C/C(CC(C#N)(C#N)CCC(F)(F)F)=N\OCC(C)(F)F. The number of allylic oxidation sites excluding steroid dienone is 1. The summed E-state index contributed by atoms with van der Waals surface area (Å²) in [4.78, 5) is 4.36. The molecule has 0 fully saturated rings. The fraction of sp³-hybridized carbons (Fsp3) is 0.615. The van der Waals surface area contributed by atoms with Crippen LogP contribution in [0.5, 0.6) is 0 Å². The lowest BCUT2D eigenvalue weighted by Gasteiger charge is -2.19. The molecule has 0 aliphatic heterocycles. The molecule has 0 bridgehead atoms. The van der Waals surface area contributed by atoms with E-state index in [0.29, 0.717) is 6.92 Å². The molecule has 0 N–H and O–H groups in total. The maximum Gasteiger partial charge on any atom is 0.389 e. The summed E-state index contributed by atoms with van der Waals surface area (Å²) in [5.74, 6) is -3.15. The highest BCUT2D eigenvalue weighted by atomic mass is 19.4. The van der Waals surface area contributed by atoms with Crippen LogP contribution in [0.1, 0.15) is 26.2 Å². The van der Waals surface area contributed by atoms with Crippen molar-refractivity contribution < 1.29 is 26.8 Å². The molecule has 0 saturated heterocycles. The number of rotatable bonds is 8. The van der Waals surface area contributed by atoms with E-state index in [-0.39, 0.29) is 5.71 Å². The zero-order valence-corrected chi connectivity index (χ0v) is 11.8. The van der Waals surface area contributed by atoms with Crippen molar-refractivity contribution in [2.24, 2.45) is 10.6 Å². The highest BCUT2D eigenvalue weighted by Crippen LogP contribution is 2.33. The second-order valence-electron chi connectivity index (χ2n) is 4.73. The lowest BCUT2D eigenvalue weighted by Crippen LogP contribution is -2.24. The summed E-state index contributed by atoms with van der Waals surface area (Å²) >= 11 is 0. The molecule has 0 aromatic heterocycles. The molecule has 0 aromatic rings. The van der Waals surface area contributed by atoms with Crippen molar-refractivity contribution in [1.82, 2.24) is 0 Å². The first-order valence-electron chi connectivity index (χ1n) is 6.05. The lowest BCUT2D eigenvalue weighted by molar-refractivity contribution is -0.138. The minimum Gasteiger partial charge on any atom is -0.389 e. The number of hydrogen-bond donors (Lipinski definition) is 0. The van der Waals surface area contributed by atoms with Gasteiger partial charge in [-0.05, 0) is 12.5 Å². The van der Waals surface area contributed by atoms with Gasteiger partial charge in [0.25, 0.3) is 5.92 Å². The zero-order valence-electron chi connectivity index (χ0n) is 11.8. The maximum atomic E-state index is 12.5. The largest absolute Gasteiger partial charge is 0.389 e. The third kappa shape index (κ3) is 8.20. The third-order valence-electron chi connectivity index (χ3n) is 2.48. The van der Waals surface area contributed by atoms with Crippen molar-refractivity contribution in [3.63, 3.8) is 0 Å². The molecule has 0 radical (unpaired) electrons. The van der Waals surface area contributed by atoms with E-state index in [4.69, 9.17) is 10.5 Å². The monoisotopic (exact) mass is 323 g/mol. The highest BCUT2D eigenvalue weighted by Gasteiger charge is 2.37. The van der Waals surface area contributed by atoms with Crippen LogP contribution in [0.15, 0.2) is 17.8 Å². The smallest absolute Gasteiger partial charge is 0.389 e. The van der Waals surface area contributed by atoms with E-state index < -0.39 is 43.4 Å². The van der Waals surface area contributed by atoms with Crippen molar-refractivity contribution in [3.05, 3.63) is 12.7 Å². The maximum absolute atomic E-state index is 12.5. The van der Waals surface area contributed by atoms with Gasteiger partial charge in [0.2, 0.25) is 0 Å². The third-order valence-corrected chi connectivity index (χ3v) is 2.48. The number of nitrogens with zero attached hydrogens (tertiary/aromatic N) is 3. The van der Waals surface area contributed by atoms with Crippen LogP contribution in [0.3, 0.4) is 0 Å². The van der Waals surface area contributed by atoms with Gasteiger partial charge < -0.3 is 4.84 Å². The van der Waals surface area contributed by atoms with Gasteiger partial charge in [0.05, 0.1) is 17.9 Å². The van der Waals surface area contributed by atoms with Gasteiger partial charge in [0.1, 0.15) is 5.41 Å². The Kier molecular flexibility index (Phi) is 6.98. The second kappa shape index (κ2) is 7.74. The van der Waals surface area contributed by atoms with Crippen molar-refractivity contribution in [3.8, 4) is 12.1 Å². The molecule has 0 rings (SSSR count). The Labute approximate surface area is 124 Å². The van der Waals surface area contributed by atoms with Crippen LogP contribution >= 0.6 is 0 Å². The molecule has 4 nitrogen and oxygen atoms in total. The van der Waals surface area contributed by atoms with Crippen molar-refractivity contribution in [2.75, 3.05) is 6.61 Å². The number of hydrogen-bond acceptors (Lipinski definition) is 4. The fourth-order valence-corrected chi connectivity index (χ4v) is 1.34. The first kappa shape index (κ1) is 19.8. The van der Waals surface area contributed by atoms with E-state index in [9.17, 15) is 22.0 Å². The van der Waals surface area contributed by atoms with Crippen LogP contribution in [-0.2, 0) is 4.84 Å². The predicted molar refractivity (Wildman–Crippen MR) is 67.8 cm³/mol. The summed E-state index contributed by atoms with van der Waals surface area (Å²) in [5, 5.41) is 21.3. The topological polar surface area (TPSA) is 69.2 Å². The molecule has 0 saturated carbocycles. The molecule has 0 aliphatic carbocycles. The molecular formula is C13H14F5N3O. The molecule has 22 heavy (non-hydrogen) atoms. The zero-order chi connectivity index (χ0) is 17.4. The first-order chi connectivity index (χ1) is 9.97. The van der Waals surface area contributed by atoms with Gasteiger partial charge in [-0.3, -0.25) is 0 Å². The Bertz CT molecular complexity index is 480. The van der Waals surface area contributed by atoms with Crippen LogP contribution in [0, 0.1) is 28.1 Å². The van der Waals surface area contributed by atoms with E-state index in [1.54, 1.807) is 0 Å². The quantitative estimate of drug-likeness (QED) is 0.385. The standard InChI is InChI=1S/C13H14F5N3O/c1-3-10(21-22-9-11(2,14)15)6-12(7-19,8-20)4-5-13(16,17)18/h3H,1,4-6,9H2,2H3/b21-10+. The van der Waals surface area contributed by atoms with Gasteiger partial charge >= 0.3 is 6.18 Å². The van der Waals surface area contributed by atoms with E-state index in [1.165, 1.54) is 12.1 Å². The molecule has 0 amide bonds. The molecule has 0 aromatic carbocycles. The van der Waals surface area contributed by atoms with Gasteiger partial charge in [-0.2, -0.15) is 23.7 Å². The summed E-state index contributed by atoms with van der Waals surface area (Å²) < 4.78 is 61.8. The summed E-state index contributed by atoms with van der Waals surface area (Å²) in [5.41, 5.74) is -2.14. The Hall–Kier alpha value is -2.16. The minimum atomic E-state index is -4.52. The van der Waals surface area contributed by atoms with Gasteiger partial charge in [0.15, 0.2) is 6.61 Å². The molecule has 0 atom stereocenters. The number of oxime groups is 1. The van der Waals surface area contributed by atoms with Crippen molar-refractivity contribution in [1.29, 1.82) is 10.5 Å². The van der Waals surface area contributed by atoms with Gasteiger partial charge in [0, 0.05) is 19.8 Å². The number of nitriles is 2. The first-order valence-corrected chi connectivity index (χ1v) is 6.05. The second-order valence-corrected chi connectivity index (χ2v) is 4.73. The summed E-state index contributed by atoms with van der Waals surface area (Å²) in [7, 11) is 0. The van der Waals surface area contributed by atoms with Crippen molar-refractivity contribution >= 4 is 5.71 Å². The molecule has 0 aliphatic rings.